The lowest BCUT2D eigenvalue weighted by Gasteiger charge is -1.90. The topological polar surface area (TPSA) is 78.6 Å². The minimum Gasteiger partial charge on any atom is -0.321 e. The summed E-state index contributed by atoms with van der Waals surface area (Å²) in [7, 11) is -2.48. The minimum absolute atomic E-state index is 0.320. The lowest BCUT2D eigenvalue weighted by molar-refractivity contribution is -0.132. The maximum atomic E-state index is 11.0. The smallest absolute Gasteiger partial charge is 0.321 e. The van der Waals surface area contributed by atoms with Crippen molar-refractivity contribution in [3.8, 4) is 5.75 Å². The fourth-order valence-corrected chi connectivity index (χ4v) is 1.28. The number of rotatable bonds is 4. The summed E-state index contributed by atoms with van der Waals surface area (Å²) in [5.74, 6) is -0.388. The first-order valence-corrected chi connectivity index (χ1v) is 4.93. The van der Waals surface area contributed by atoms with Crippen LogP contribution < -0.4 is 10.3 Å². The van der Waals surface area contributed by atoms with E-state index in [0.717, 1.165) is 0 Å². The highest BCUT2D eigenvalue weighted by Gasteiger charge is 2.26. The van der Waals surface area contributed by atoms with Crippen molar-refractivity contribution in [2.24, 2.45) is 5.73 Å². The van der Waals surface area contributed by atoms with Gasteiger partial charge in [0.1, 0.15) is 0 Å². The van der Waals surface area contributed by atoms with Gasteiger partial charge in [-0.15, -0.1) is 0 Å². The fraction of sp³-hybridized carbons (Fsp3) is 0.125. The van der Waals surface area contributed by atoms with Crippen LogP contribution in [-0.2, 0) is 13.9 Å². The van der Waals surface area contributed by atoms with Gasteiger partial charge >= 0.3 is 14.2 Å². The fourth-order valence-electron chi connectivity index (χ4n) is 0.706. The van der Waals surface area contributed by atoms with Gasteiger partial charge in [-0.2, -0.15) is 4.52 Å². The molecule has 5 nitrogen and oxygen atoms in total. The number of nitrogens with two attached hydrogens (primary N) is 1. The van der Waals surface area contributed by atoms with Crippen LogP contribution in [0, 0.1) is 0 Å². The second-order valence-corrected chi connectivity index (χ2v) is 3.11. The third-order valence-corrected chi connectivity index (χ3v) is 1.98. The van der Waals surface area contributed by atoms with E-state index in [9.17, 15) is 9.36 Å². The van der Waals surface area contributed by atoms with Crippen molar-refractivity contribution in [2.45, 2.75) is 0 Å². The van der Waals surface area contributed by atoms with E-state index in [0.29, 0.717) is 5.75 Å². The maximum Gasteiger partial charge on any atom is 0.808 e. The zero-order valence-corrected chi connectivity index (χ0v) is 8.15. The van der Waals surface area contributed by atoms with Crippen LogP contribution in [-0.4, -0.2) is 12.5 Å². The average Bonchev–Trinajstić information content (AvgIpc) is 2.19. The van der Waals surface area contributed by atoms with Crippen LogP contribution in [0.3, 0.4) is 0 Å². The maximum absolute atomic E-state index is 11.0. The zero-order valence-electron chi connectivity index (χ0n) is 7.25. The molecule has 0 heterocycles. The molecule has 0 saturated carbocycles. The molecule has 1 unspecified atom stereocenters. The van der Waals surface area contributed by atoms with Crippen LogP contribution in [0.4, 0.5) is 0 Å². The Morgan fingerprint density at radius 2 is 2.00 bits per heavy atom. The molecule has 0 saturated heterocycles. The molecule has 0 aliphatic rings. The molecule has 1 aromatic rings. The van der Waals surface area contributed by atoms with Crippen molar-refractivity contribution in [2.75, 3.05) is 6.54 Å². The first-order chi connectivity index (χ1) is 6.72. The third-order valence-electron chi connectivity index (χ3n) is 1.27. The van der Waals surface area contributed by atoms with Crippen LogP contribution in [0.25, 0.3) is 0 Å². The van der Waals surface area contributed by atoms with Crippen LogP contribution in [0.5, 0.6) is 5.75 Å². The zero-order chi connectivity index (χ0) is 10.4. The molecule has 0 aromatic heterocycles. The Hall–Kier alpha value is -1.45. The summed E-state index contributed by atoms with van der Waals surface area (Å²) >= 11 is 0. The van der Waals surface area contributed by atoms with Crippen molar-refractivity contribution in [3.05, 3.63) is 30.3 Å². The van der Waals surface area contributed by atoms with E-state index in [1.807, 2.05) is 0 Å². The number of para-hydroxylation sites is 1. The molecular weight excluding hydrogens is 205 g/mol. The van der Waals surface area contributed by atoms with Gasteiger partial charge in [0.2, 0.25) is 0 Å². The molecule has 0 radical (unpaired) electrons. The molecule has 1 rings (SSSR count). The lowest BCUT2D eigenvalue weighted by atomic mass is 10.3. The molecule has 1 atom stereocenters. The summed E-state index contributed by atoms with van der Waals surface area (Å²) in [4.78, 5) is 10.6. The second-order valence-electron chi connectivity index (χ2n) is 2.30. The predicted molar refractivity (Wildman–Crippen MR) is 49.8 cm³/mol. The molecule has 0 fully saturated rings. The Balaban J connectivity index is 2.46. The molecule has 0 spiro atoms. The summed E-state index contributed by atoms with van der Waals surface area (Å²) < 4.78 is 20.1. The van der Waals surface area contributed by atoms with Crippen molar-refractivity contribution in [3.63, 3.8) is 0 Å². The quantitative estimate of drug-likeness (QED) is 0.762. The van der Waals surface area contributed by atoms with Crippen LogP contribution in [0.15, 0.2) is 30.3 Å². The summed E-state index contributed by atoms with van der Waals surface area (Å²) in [6, 6.07) is 8.41. The number of carbonyl (C=O) groups excluding carboxylic acids is 1. The number of hydrogen-bond acceptors (Lipinski definition) is 5. The molecule has 0 amide bonds. The Morgan fingerprint density at radius 3 is 2.57 bits per heavy atom. The van der Waals surface area contributed by atoms with Gasteiger partial charge in [-0.3, -0.25) is 0 Å². The number of carbonyl (C=O) groups is 1. The van der Waals surface area contributed by atoms with Gasteiger partial charge in [0.25, 0.3) is 0 Å². The predicted octanol–water partition coefficient (Wildman–Crippen LogP) is 1.22. The number of benzene rings is 1. The van der Waals surface area contributed by atoms with Crippen LogP contribution >= 0.6 is 8.25 Å². The molecule has 14 heavy (non-hydrogen) atoms. The van der Waals surface area contributed by atoms with E-state index in [1.165, 1.54) is 0 Å². The van der Waals surface area contributed by atoms with E-state index in [1.54, 1.807) is 30.3 Å². The first kappa shape index (κ1) is 10.6. The van der Waals surface area contributed by atoms with Crippen molar-refractivity contribution < 1.29 is 18.4 Å². The van der Waals surface area contributed by atoms with Crippen molar-refractivity contribution in [1.29, 1.82) is 0 Å². The van der Waals surface area contributed by atoms with Crippen LogP contribution in [0.1, 0.15) is 0 Å². The monoisotopic (exact) mass is 214 g/mol. The Kier molecular flexibility index (Phi) is 4.04. The van der Waals surface area contributed by atoms with Crippen LogP contribution in [0.2, 0.25) is 0 Å². The highest BCUT2D eigenvalue weighted by atomic mass is 31.1. The summed E-state index contributed by atoms with van der Waals surface area (Å²) in [5.41, 5.74) is 4.96. The van der Waals surface area contributed by atoms with E-state index >= 15 is 0 Å². The van der Waals surface area contributed by atoms with Crippen molar-refractivity contribution in [1.82, 2.24) is 0 Å². The largest absolute Gasteiger partial charge is 0.808 e. The Bertz CT molecular complexity index is 327. The highest BCUT2D eigenvalue weighted by Crippen LogP contribution is 2.27. The molecular formula is C8H9NO4P+. The molecule has 0 aliphatic carbocycles. The third kappa shape index (κ3) is 3.51. The average molecular weight is 214 g/mol. The standard InChI is InChI=1S/C8H9NO4P/c9-6-8(10)13-14(11)12-7-4-2-1-3-5-7/h1-5H,6,9H2/q+1. The van der Waals surface area contributed by atoms with E-state index in [-0.39, 0.29) is 6.54 Å². The van der Waals surface area contributed by atoms with Gasteiger partial charge < -0.3 is 5.73 Å². The molecule has 74 valence electrons. The SMILES string of the molecule is NCC(=O)O[P+](=O)Oc1ccccc1. The minimum atomic E-state index is -2.48. The van der Waals surface area contributed by atoms with E-state index in [4.69, 9.17) is 10.3 Å². The van der Waals surface area contributed by atoms with Gasteiger partial charge in [-0.25, -0.2) is 9.32 Å². The highest BCUT2D eigenvalue weighted by molar-refractivity contribution is 7.34. The molecule has 1 aromatic carbocycles. The van der Waals surface area contributed by atoms with Crippen molar-refractivity contribution >= 4 is 14.2 Å². The molecule has 6 heteroatoms. The molecule has 2 N–H and O–H groups in total. The van der Waals surface area contributed by atoms with E-state index in [2.05, 4.69) is 4.52 Å². The lowest BCUT2D eigenvalue weighted by Crippen LogP contribution is -2.14. The van der Waals surface area contributed by atoms with E-state index < -0.39 is 14.2 Å². The second kappa shape index (κ2) is 5.32. The number of hydrogen-bond donors (Lipinski definition) is 1. The normalized spacial score (nSPS) is 10.5. The molecule has 0 bridgehead atoms. The summed E-state index contributed by atoms with van der Waals surface area (Å²) in [6.07, 6.45) is 0. The first-order valence-electron chi connectivity index (χ1n) is 3.83. The van der Waals surface area contributed by atoms with Gasteiger partial charge in [-0.1, -0.05) is 18.2 Å². The van der Waals surface area contributed by atoms with Gasteiger partial charge in [0.05, 0.1) is 6.54 Å². The summed E-state index contributed by atoms with van der Waals surface area (Å²) in [6.45, 7) is -0.320. The molecule has 0 aliphatic heterocycles. The Labute approximate surface area is 81.8 Å². The summed E-state index contributed by atoms with van der Waals surface area (Å²) in [5, 5.41) is 0. The Morgan fingerprint density at radius 1 is 1.36 bits per heavy atom. The van der Waals surface area contributed by atoms with Gasteiger partial charge in [0.15, 0.2) is 5.75 Å². The van der Waals surface area contributed by atoms with Gasteiger partial charge in [-0.05, 0) is 12.1 Å². The van der Waals surface area contributed by atoms with Gasteiger partial charge in [0, 0.05) is 4.57 Å².